The van der Waals surface area contributed by atoms with Crippen LogP contribution in [0.3, 0.4) is 0 Å². The molecule has 0 spiro atoms. The topological polar surface area (TPSA) is 80.3 Å². The Bertz CT molecular complexity index is 559. The normalized spacial score (nSPS) is 13.1. The maximum Gasteiger partial charge on any atom is 0.437 e. The van der Waals surface area contributed by atoms with Crippen molar-refractivity contribution in [2.24, 2.45) is 5.92 Å². The van der Waals surface area contributed by atoms with Gasteiger partial charge in [-0.25, -0.2) is 4.79 Å². The Balaban J connectivity index is 2.05. The van der Waals surface area contributed by atoms with Crippen molar-refractivity contribution in [3.8, 4) is 0 Å². The molecule has 1 unspecified atom stereocenters. The molecule has 0 saturated carbocycles. The molecule has 2 rings (SSSR count). The maximum absolute atomic E-state index is 11.6. The zero-order valence-corrected chi connectivity index (χ0v) is 11.7. The van der Waals surface area contributed by atoms with Crippen molar-refractivity contribution >= 4 is 11.3 Å². The molecule has 19 heavy (non-hydrogen) atoms. The largest absolute Gasteiger partial charge is 0.437 e. The van der Waals surface area contributed by atoms with Gasteiger partial charge in [0.1, 0.15) is 0 Å². The van der Waals surface area contributed by atoms with Crippen molar-refractivity contribution in [2.75, 3.05) is 6.54 Å². The lowest BCUT2D eigenvalue weighted by molar-refractivity contribution is 0.103. The summed E-state index contributed by atoms with van der Waals surface area (Å²) in [5, 5.41) is 20.5. The molecule has 2 aromatic heterocycles. The summed E-state index contributed by atoms with van der Waals surface area (Å²) < 4.78 is 6.15. The molecule has 6 nitrogen and oxygen atoms in total. The SMILES string of the molecule is CC(C)CNC(O)c1nn(Cc2ccsc2)c(=O)o1. The Hall–Kier alpha value is -1.44. The fraction of sp³-hybridized carbons (Fsp3) is 0.500. The first-order chi connectivity index (χ1) is 9.06. The van der Waals surface area contributed by atoms with Crippen LogP contribution in [0.15, 0.2) is 26.0 Å². The molecular weight excluding hydrogens is 266 g/mol. The van der Waals surface area contributed by atoms with Gasteiger partial charge in [0.05, 0.1) is 6.54 Å². The zero-order chi connectivity index (χ0) is 13.8. The summed E-state index contributed by atoms with van der Waals surface area (Å²) in [5.74, 6) is -0.179. The van der Waals surface area contributed by atoms with E-state index in [-0.39, 0.29) is 5.89 Å². The predicted octanol–water partition coefficient (Wildman–Crippen LogP) is 1.18. The van der Waals surface area contributed by atoms with Gasteiger partial charge >= 0.3 is 5.76 Å². The van der Waals surface area contributed by atoms with Crippen molar-refractivity contribution < 1.29 is 9.52 Å². The van der Waals surface area contributed by atoms with Gasteiger partial charge in [-0.05, 0) is 28.3 Å². The number of hydrogen-bond donors (Lipinski definition) is 2. The standard InChI is InChI=1S/C12H17N3O3S/c1-8(2)5-13-10(16)11-14-15(12(17)18-11)6-9-3-4-19-7-9/h3-4,7-8,10,13,16H,5-6H2,1-2H3. The van der Waals surface area contributed by atoms with Crippen LogP contribution in [-0.4, -0.2) is 21.4 Å². The molecule has 2 aromatic rings. The number of nitrogens with one attached hydrogen (secondary N) is 1. The van der Waals surface area contributed by atoms with Crippen LogP contribution < -0.4 is 11.1 Å². The highest BCUT2D eigenvalue weighted by atomic mass is 32.1. The summed E-state index contributed by atoms with van der Waals surface area (Å²) in [6, 6.07) is 1.92. The van der Waals surface area contributed by atoms with Gasteiger partial charge in [-0.15, -0.1) is 5.10 Å². The van der Waals surface area contributed by atoms with Gasteiger partial charge in [-0.1, -0.05) is 13.8 Å². The molecule has 0 radical (unpaired) electrons. The van der Waals surface area contributed by atoms with E-state index in [4.69, 9.17) is 4.42 Å². The third-order valence-corrected chi connectivity index (χ3v) is 3.22. The van der Waals surface area contributed by atoms with Crippen molar-refractivity contribution in [2.45, 2.75) is 26.6 Å². The van der Waals surface area contributed by atoms with E-state index in [9.17, 15) is 9.90 Å². The molecule has 7 heteroatoms. The number of aliphatic hydroxyl groups is 1. The lowest BCUT2D eigenvalue weighted by atomic mass is 10.2. The molecule has 1 atom stereocenters. The molecule has 0 aliphatic heterocycles. The summed E-state index contributed by atoms with van der Waals surface area (Å²) in [4.78, 5) is 11.6. The van der Waals surface area contributed by atoms with Crippen LogP contribution in [0.25, 0.3) is 0 Å². The summed E-state index contributed by atoms with van der Waals surface area (Å²) in [7, 11) is 0. The minimum absolute atomic E-state index is 0.000814. The van der Waals surface area contributed by atoms with E-state index < -0.39 is 12.0 Å². The molecule has 0 fully saturated rings. The first kappa shape index (κ1) is 14.0. The molecular formula is C12H17N3O3S. The van der Waals surface area contributed by atoms with Crippen molar-refractivity contribution in [3.05, 3.63) is 38.8 Å². The number of thiophene rings is 1. The number of aliphatic hydroxyl groups excluding tert-OH is 1. The first-order valence-electron chi connectivity index (χ1n) is 6.06. The van der Waals surface area contributed by atoms with Crippen LogP contribution in [0.5, 0.6) is 0 Å². The smallest absolute Gasteiger partial charge is 0.388 e. The second-order valence-corrected chi connectivity index (χ2v) is 5.48. The molecule has 2 heterocycles. The van der Waals surface area contributed by atoms with E-state index in [0.29, 0.717) is 19.0 Å². The number of nitrogens with zero attached hydrogens (tertiary/aromatic N) is 2. The Labute approximate surface area is 114 Å². The van der Waals surface area contributed by atoms with Crippen LogP contribution >= 0.6 is 11.3 Å². The summed E-state index contributed by atoms with van der Waals surface area (Å²) in [6.45, 7) is 5.00. The van der Waals surface area contributed by atoms with Crippen LogP contribution in [0.4, 0.5) is 0 Å². The van der Waals surface area contributed by atoms with Crippen LogP contribution in [0.2, 0.25) is 0 Å². The Kier molecular flexibility index (Phi) is 4.52. The minimum Gasteiger partial charge on any atom is -0.388 e. The third kappa shape index (κ3) is 3.76. The van der Waals surface area contributed by atoms with Crippen molar-refractivity contribution in [1.29, 1.82) is 0 Å². The van der Waals surface area contributed by atoms with Gasteiger partial charge in [-0.2, -0.15) is 16.0 Å². The predicted molar refractivity (Wildman–Crippen MR) is 72.0 cm³/mol. The van der Waals surface area contributed by atoms with Gasteiger partial charge in [0.15, 0.2) is 6.23 Å². The fourth-order valence-electron chi connectivity index (χ4n) is 1.52. The Morgan fingerprint density at radius 3 is 3.00 bits per heavy atom. The Morgan fingerprint density at radius 2 is 2.37 bits per heavy atom. The number of hydrogen-bond acceptors (Lipinski definition) is 6. The molecule has 0 amide bonds. The highest BCUT2D eigenvalue weighted by molar-refractivity contribution is 7.07. The molecule has 0 aliphatic rings. The van der Waals surface area contributed by atoms with E-state index in [1.807, 2.05) is 30.7 Å². The minimum atomic E-state index is -1.06. The van der Waals surface area contributed by atoms with Crippen LogP contribution in [-0.2, 0) is 6.54 Å². The summed E-state index contributed by atoms with van der Waals surface area (Å²) >= 11 is 1.55. The second-order valence-electron chi connectivity index (χ2n) is 4.70. The zero-order valence-electron chi connectivity index (χ0n) is 10.9. The Morgan fingerprint density at radius 1 is 1.58 bits per heavy atom. The summed E-state index contributed by atoms with van der Waals surface area (Å²) in [6.07, 6.45) is -1.06. The highest BCUT2D eigenvalue weighted by Crippen LogP contribution is 2.09. The van der Waals surface area contributed by atoms with Gasteiger partial charge < -0.3 is 9.52 Å². The summed E-state index contributed by atoms with van der Waals surface area (Å²) in [5.41, 5.74) is 0.983. The van der Waals surface area contributed by atoms with E-state index >= 15 is 0 Å². The molecule has 2 N–H and O–H groups in total. The monoisotopic (exact) mass is 283 g/mol. The van der Waals surface area contributed by atoms with Gasteiger partial charge in [0, 0.05) is 6.54 Å². The molecule has 0 saturated heterocycles. The second kappa shape index (κ2) is 6.14. The van der Waals surface area contributed by atoms with E-state index in [1.165, 1.54) is 4.68 Å². The van der Waals surface area contributed by atoms with Crippen molar-refractivity contribution in [3.63, 3.8) is 0 Å². The van der Waals surface area contributed by atoms with E-state index in [1.54, 1.807) is 11.3 Å². The van der Waals surface area contributed by atoms with Gasteiger partial charge in [0.2, 0.25) is 0 Å². The number of rotatable bonds is 6. The third-order valence-electron chi connectivity index (χ3n) is 2.49. The average Bonchev–Trinajstić information content (AvgIpc) is 2.98. The first-order valence-corrected chi connectivity index (χ1v) is 7.01. The highest BCUT2D eigenvalue weighted by Gasteiger charge is 2.16. The fourth-order valence-corrected chi connectivity index (χ4v) is 2.18. The quantitative estimate of drug-likeness (QED) is 0.778. The van der Waals surface area contributed by atoms with Crippen LogP contribution in [0, 0.1) is 5.92 Å². The van der Waals surface area contributed by atoms with E-state index in [0.717, 1.165) is 5.56 Å². The maximum atomic E-state index is 11.6. The molecule has 0 aliphatic carbocycles. The van der Waals surface area contributed by atoms with Gasteiger partial charge in [0.25, 0.3) is 5.89 Å². The van der Waals surface area contributed by atoms with E-state index in [2.05, 4.69) is 10.4 Å². The lowest BCUT2D eigenvalue weighted by Crippen LogP contribution is -2.25. The molecule has 104 valence electrons. The number of aromatic nitrogens is 2. The molecule has 0 bridgehead atoms. The lowest BCUT2D eigenvalue weighted by Gasteiger charge is -2.10. The van der Waals surface area contributed by atoms with Crippen molar-refractivity contribution in [1.82, 2.24) is 15.1 Å². The van der Waals surface area contributed by atoms with Crippen LogP contribution in [0.1, 0.15) is 31.5 Å². The van der Waals surface area contributed by atoms with Gasteiger partial charge in [-0.3, -0.25) is 5.32 Å². The average molecular weight is 283 g/mol. The molecule has 0 aromatic carbocycles.